The van der Waals surface area contributed by atoms with E-state index in [9.17, 15) is 0 Å². The Labute approximate surface area is 128 Å². The third kappa shape index (κ3) is 5.22. The largest absolute Gasteiger partial charge is 0.373 e. The molecule has 0 bridgehead atoms. The van der Waals surface area contributed by atoms with Crippen LogP contribution in [0.15, 0.2) is 25.3 Å². The Bertz CT molecular complexity index is 327. The van der Waals surface area contributed by atoms with Gasteiger partial charge in [-0.15, -0.1) is 13.2 Å². The summed E-state index contributed by atoms with van der Waals surface area (Å²) in [7, 11) is 0. The van der Waals surface area contributed by atoms with Gasteiger partial charge in [-0.2, -0.15) is 0 Å². The highest BCUT2D eigenvalue weighted by Crippen LogP contribution is 2.31. The van der Waals surface area contributed by atoms with Crippen LogP contribution in [0.4, 0.5) is 0 Å². The van der Waals surface area contributed by atoms with Crippen molar-refractivity contribution in [3.8, 4) is 0 Å². The molecule has 2 aliphatic rings. The van der Waals surface area contributed by atoms with Gasteiger partial charge < -0.3 is 18.9 Å². The molecule has 0 radical (unpaired) electrons. The summed E-state index contributed by atoms with van der Waals surface area (Å²) in [6.45, 7) is 12.0. The van der Waals surface area contributed by atoms with Crippen LogP contribution in [0.3, 0.4) is 0 Å². The fourth-order valence-corrected chi connectivity index (χ4v) is 2.50. The average molecular weight is 296 g/mol. The van der Waals surface area contributed by atoms with Gasteiger partial charge in [-0.25, -0.2) is 0 Å². The molecular weight excluding hydrogens is 268 g/mol. The topological polar surface area (TPSA) is 36.9 Å². The van der Waals surface area contributed by atoms with Crippen molar-refractivity contribution < 1.29 is 18.9 Å². The van der Waals surface area contributed by atoms with Gasteiger partial charge in [0.1, 0.15) is 18.3 Å². The molecule has 1 heterocycles. The van der Waals surface area contributed by atoms with Crippen LogP contribution in [0.25, 0.3) is 0 Å². The summed E-state index contributed by atoms with van der Waals surface area (Å²) in [5.74, 6) is 0.722. The summed E-state index contributed by atoms with van der Waals surface area (Å²) in [4.78, 5) is 0. The monoisotopic (exact) mass is 296 g/mol. The van der Waals surface area contributed by atoms with Crippen molar-refractivity contribution in [1.29, 1.82) is 0 Å². The fourth-order valence-electron chi connectivity index (χ4n) is 2.50. The predicted molar refractivity (Wildman–Crippen MR) is 82.4 cm³/mol. The van der Waals surface area contributed by atoms with Crippen molar-refractivity contribution in [3.63, 3.8) is 0 Å². The smallest absolute Gasteiger partial charge is 0.115 e. The van der Waals surface area contributed by atoms with Gasteiger partial charge in [0.05, 0.1) is 32.5 Å². The Hall–Kier alpha value is -0.680. The molecule has 1 saturated heterocycles. The summed E-state index contributed by atoms with van der Waals surface area (Å²) < 4.78 is 23.7. The summed E-state index contributed by atoms with van der Waals surface area (Å²) in [5, 5.41) is 0. The molecule has 0 amide bonds. The lowest BCUT2D eigenvalue weighted by atomic mass is 10.00. The first-order chi connectivity index (χ1) is 10.3. The first-order valence-corrected chi connectivity index (χ1v) is 7.94. The van der Waals surface area contributed by atoms with Crippen LogP contribution in [-0.2, 0) is 18.9 Å². The summed E-state index contributed by atoms with van der Waals surface area (Å²) >= 11 is 0. The number of hydrogen-bond acceptors (Lipinski definition) is 4. The second-order valence-electron chi connectivity index (χ2n) is 5.85. The molecule has 4 atom stereocenters. The SMILES string of the molecule is C=CCCO[C@@H]1COC(C)[C@H](OCC2CC2)[C@H]1OCC=C. The van der Waals surface area contributed by atoms with E-state index >= 15 is 0 Å². The van der Waals surface area contributed by atoms with E-state index in [1.54, 1.807) is 6.08 Å². The Kier molecular flexibility index (Phi) is 6.90. The van der Waals surface area contributed by atoms with Crippen molar-refractivity contribution in [2.75, 3.05) is 26.4 Å². The highest BCUT2D eigenvalue weighted by Gasteiger charge is 2.41. The van der Waals surface area contributed by atoms with E-state index in [4.69, 9.17) is 18.9 Å². The first-order valence-electron chi connectivity index (χ1n) is 7.94. The standard InChI is InChI=1S/C17H28O4/c1-4-6-10-18-15-12-20-13(3)16(17(15)19-9-5-2)21-11-14-7-8-14/h4-5,13-17H,1-2,6-12H2,3H3/t13?,15-,16+,17+/m1/s1. The highest BCUT2D eigenvalue weighted by atomic mass is 16.6. The van der Waals surface area contributed by atoms with E-state index in [1.165, 1.54) is 12.8 Å². The van der Waals surface area contributed by atoms with E-state index in [0.29, 0.717) is 19.8 Å². The molecule has 0 aromatic carbocycles. The van der Waals surface area contributed by atoms with Crippen molar-refractivity contribution in [2.24, 2.45) is 5.92 Å². The zero-order chi connectivity index (χ0) is 15.1. The third-order valence-electron chi connectivity index (χ3n) is 3.96. The zero-order valence-electron chi connectivity index (χ0n) is 13.0. The van der Waals surface area contributed by atoms with Crippen molar-refractivity contribution >= 4 is 0 Å². The van der Waals surface area contributed by atoms with Crippen molar-refractivity contribution in [3.05, 3.63) is 25.3 Å². The Morgan fingerprint density at radius 3 is 2.57 bits per heavy atom. The molecular formula is C17H28O4. The lowest BCUT2D eigenvalue weighted by Gasteiger charge is -2.41. The van der Waals surface area contributed by atoms with Crippen molar-refractivity contribution in [1.82, 2.24) is 0 Å². The number of ether oxygens (including phenoxy) is 4. The molecule has 1 aliphatic carbocycles. The summed E-state index contributed by atoms with van der Waals surface area (Å²) in [6.07, 6.45) is 6.75. The maximum absolute atomic E-state index is 6.08. The molecule has 21 heavy (non-hydrogen) atoms. The Morgan fingerprint density at radius 1 is 1.10 bits per heavy atom. The lowest BCUT2D eigenvalue weighted by Crippen LogP contribution is -2.55. The van der Waals surface area contributed by atoms with Crippen LogP contribution in [0.5, 0.6) is 0 Å². The van der Waals surface area contributed by atoms with Crippen LogP contribution in [0.1, 0.15) is 26.2 Å². The molecule has 0 aromatic heterocycles. The number of rotatable bonds is 10. The van der Waals surface area contributed by atoms with Crippen LogP contribution in [0, 0.1) is 5.92 Å². The molecule has 0 spiro atoms. The van der Waals surface area contributed by atoms with Crippen LogP contribution >= 0.6 is 0 Å². The van der Waals surface area contributed by atoms with E-state index in [2.05, 4.69) is 13.2 Å². The van der Waals surface area contributed by atoms with E-state index in [0.717, 1.165) is 18.9 Å². The minimum Gasteiger partial charge on any atom is -0.373 e. The van der Waals surface area contributed by atoms with E-state index in [-0.39, 0.29) is 24.4 Å². The van der Waals surface area contributed by atoms with Gasteiger partial charge >= 0.3 is 0 Å². The third-order valence-corrected chi connectivity index (χ3v) is 3.96. The molecule has 2 fully saturated rings. The Morgan fingerprint density at radius 2 is 1.90 bits per heavy atom. The molecule has 4 nitrogen and oxygen atoms in total. The predicted octanol–water partition coefficient (Wildman–Crippen LogP) is 2.73. The van der Waals surface area contributed by atoms with Gasteiger partial charge in [0.15, 0.2) is 0 Å². The molecule has 2 rings (SSSR count). The van der Waals surface area contributed by atoms with E-state index in [1.807, 2.05) is 13.0 Å². The maximum Gasteiger partial charge on any atom is 0.115 e. The van der Waals surface area contributed by atoms with E-state index < -0.39 is 0 Å². The minimum atomic E-state index is -0.102. The molecule has 1 saturated carbocycles. The van der Waals surface area contributed by atoms with Gasteiger partial charge in [0, 0.05) is 0 Å². The minimum absolute atomic E-state index is 0.0258. The number of hydrogen-bond donors (Lipinski definition) is 0. The van der Waals surface area contributed by atoms with Crippen LogP contribution in [0.2, 0.25) is 0 Å². The molecule has 4 heteroatoms. The second kappa shape index (κ2) is 8.69. The fraction of sp³-hybridized carbons (Fsp3) is 0.765. The van der Waals surface area contributed by atoms with Gasteiger partial charge in [-0.1, -0.05) is 12.2 Å². The Balaban J connectivity index is 1.93. The van der Waals surface area contributed by atoms with Gasteiger partial charge in [-0.3, -0.25) is 0 Å². The summed E-state index contributed by atoms with van der Waals surface area (Å²) in [6, 6.07) is 0. The molecule has 120 valence electrons. The average Bonchev–Trinajstić information content (AvgIpc) is 3.30. The second-order valence-corrected chi connectivity index (χ2v) is 5.85. The zero-order valence-corrected chi connectivity index (χ0v) is 13.0. The highest BCUT2D eigenvalue weighted by molar-refractivity contribution is 4.90. The van der Waals surface area contributed by atoms with Gasteiger partial charge in [-0.05, 0) is 32.1 Å². The summed E-state index contributed by atoms with van der Waals surface area (Å²) in [5.41, 5.74) is 0. The van der Waals surface area contributed by atoms with Crippen molar-refractivity contribution in [2.45, 2.75) is 50.6 Å². The molecule has 0 N–H and O–H groups in total. The van der Waals surface area contributed by atoms with Crippen LogP contribution < -0.4 is 0 Å². The van der Waals surface area contributed by atoms with Gasteiger partial charge in [0.25, 0.3) is 0 Å². The van der Waals surface area contributed by atoms with Crippen LogP contribution in [-0.4, -0.2) is 50.8 Å². The molecule has 0 aromatic rings. The maximum atomic E-state index is 6.08. The molecule has 1 unspecified atom stereocenters. The quantitative estimate of drug-likeness (QED) is 0.459. The molecule has 1 aliphatic heterocycles. The van der Waals surface area contributed by atoms with Gasteiger partial charge in [0.2, 0.25) is 0 Å². The lowest BCUT2D eigenvalue weighted by molar-refractivity contribution is -0.224. The normalized spacial score (nSPS) is 32.8. The first kappa shape index (κ1) is 16.7.